The molecular weight excluding hydrogens is 527 g/mol. The number of phosphoric acid groups is 1. The van der Waals surface area contributed by atoms with Gasteiger partial charge in [-0.25, -0.2) is 9.36 Å². The first-order valence-corrected chi connectivity index (χ1v) is 14.5. The lowest BCUT2D eigenvalue weighted by molar-refractivity contribution is -0.173. The van der Waals surface area contributed by atoms with Crippen molar-refractivity contribution in [3.63, 3.8) is 0 Å². The molecule has 224 valence electrons. The minimum absolute atomic E-state index is 0.0954. The molecule has 0 aliphatic carbocycles. The highest BCUT2D eigenvalue weighted by Crippen LogP contribution is 2.44. The number of esters is 2. The Morgan fingerprint density at radius 3 is 1.45 bits per heavy atom. The van der Waals surface area contributed by atoms with Gasteiger partial charge < -0.3 is 34.9 Å². The standard InChI is InChI=1S/C22H39O11P.C2H6O2/c1-2-3-4-5-6-7-8-9-10-11-12-13-14-15-19(25)32-20(26)17-22(21(27)28,16-18(23)24)33-34(29,30)31;3-1-2-4/h2-17H2,1H3,(H,23,24)(H,27,28)(H2,29,30,31);3-4H,1-2H2. The fourth-order valence-corrected chi connectivity index (χ4v) is 4.19. The van der Waals surface area contributed by atoms with Gasteiger partial charge in [0.2, 0.25) is 0 Å². The zero-order valence-electron chi connectivity index (χ0n) is 22.2. The van der Waals surface area contributed by atoms with Crippen molar-refractivity contribution >= 4 is 31.7 Å². The highest BCUT2D eigenvalue weighted by molar-refractivity contribution is 7.46. The molecule has 0 radical (unpaired) electrons. The summed E-state index contributed by atoms with van der Waals surface area (Å²) in [5.41, 5.74) is -3.07. The first kappa shape index (κ1) is 38.3. The number of carbonyl (C=O) groups excluding carboxylic acids is 2. The van der Waals surface area contributed by atoms with Gasteiger partial charge in [0.15, 0.2) is 5.60 Å². The van der Waals surface area contributed by atoms with Gasteiger partial charge in [0.1, 0.15) is 0 Å². The lowest BCUT2D eigenvalue weighted by atomic mass is 9.96. The molecule has 0 fully saturated rings. The largest absolute Gasteiger partial charge is 0.481 e. The second kappa shape index (κ2) is 23.0. The second-order valence-electron chi connectivity index (χ2n) is 8.91. The summed E-state index contributed by atoms with van der Waals surface area (Å²) in [6.45, 7) is 1.95. The predicted molar refractivity (Wildman–Crippen MR) is 136 cm³/mol. The van der Waals surface area contributed by atoms with Crippen LogP contribution < -0.4 is 0 Å². The Labute approximate surface area is 223 Å². The van der Waals surface area contributed by atoms with E-state index in [1.165, 1.54) is 51.4 Å². The Morgan fingerprint density at radius 2 is 1.11 bits per heavy atom. The number of hydrogen-bond acceptors (Lipinski definition) is 9. The minimum Gasteiger partial charge on any atom is -0.481 e. The van der Waals surface area contributed by atoms with Gasteiger partial charge in [0.05, 0.1) is 26.1 Å². The fraction of sp³-hybridized carbons (Fsp3) is 0.833. The van der Waals surface area contributed by atoms with Crippen LogP contribution in [-0.4, -0.2) is 72.9 Å². The first-order valence-electron chi connectivity index (χ1n) is 13.0. The third-order valence-corrected chi connectivity index (χ3v) is 5.95. The lowest BCUT2D eigenvalue weighted by Gasteiger charge is -2.26. The summed E-state index contributed by atoms with van der Waals surface area (Å²) < 4.78 is 19.7. The van der Waals surface area contributed by atoms with Gasteiger partial charge in [-0.1, -0.05) is 84.0 Å². The SMILES string of the molecule is CCCCCCCCCCCCCCCC(=O)OC(=O)CC(CC(=O)O)(OP(=O)(O)O)C(=O)O.OCCO. The Hall–Kier alpha value is -1.89. The number of ether oxygens (including phenoxy) is 1. The van der Waals surface area contributed by atoms with Crippen LogP contribution in [0.4, 0.5) is 0 Å². The van der Waals surface area contributed by atoms with Gasteiger partial charge in [-0.05, 0) is 6.42 Å². The number of carbonyl (C=O) groups is 4. The van der Waals surface area contributed by atoms with Crippen molar-refractivity contribution in [1.82, 2.24) is 0 Å². The summed E-state index contributed by atoms with van der Waals surface area (Å²) in [6.07, 6.45) is 11.6. The summed E-state index contributed by atoms with van der Waals surface area (Å²) >= 11 is 0. The van der Waals surface area contributed by atoms with Crippen LogP contribution in [0, 0.1) is 0 Å². The summed E-state index contributed by atoms with van der Waals surface area (Å²) in [5, 5.41) is 33.3. The van der Waals surface area contributed by atoms with E-state index in [2.05, 4.69) is 16.2 Å². The number of hydrogen-bond donors (Lipinski definition) is 6. The van der Waals surface area contributed by atoms with Crippen molar-refractivity contribution in [2.75, 3.05) is 13.2 Å². The number of unbranched alkanes of at least 4 members (excludes halogenated alkanes) is 12. The molecule has 6 N–H and O–H groups in total. The molecule has 13 nitrogen and oxygen atoms in total. The molecule has 0 saturated heterocycles. The van der Waals surface area contributed by atoms with E-state index in [0.717, 1.165) is 25.7 Å². The minimum atomic E-state index is -5.47. The monoisotopic (exact) mass is 572 g/mol. The summed E-state index contributed by atoms with van der Waals surface area (Å²) in [7, 11) is -5.47. The van der Waals surface area contributed by atoms with Crippen molar-refractivity contribution in [1.29, 1.82) is 0 Å². The average molecular weight is 573 g/mol. The normalized spacial score (nSPS) is 12.7. The maximum Gasteiger partial charge on any atom is 0.470 e. The zero-order valence-corrected chi connectivity index (χ0v) is 23.1. The molecule has 0 bridgehead atoms. The van der Waals surface area contributed by atoms with E-state index in [1.54, 1.807) is 0 Å². The molecule has 0 aromatic rings. The number of carboxylic acid groups (broad SMARTS) is 2. The van der Waals surface area contributed by atoms with Gasteiger partial charge in [-0.15, -0.1) is 0 Å². The van der Waals surface area contributed by atoms with Crippen molar-refractivity contribution < 1.29 is 63.2 Å². The molecule has 0 amide bonds. The van der Waals surface area contributed by atoms with Crippen LogP contribution in [0.3, 0.4) is 0 Å². The van der Waals surface area contributed by atoms with Gasteiger partial charge in [-0.3, -0.25) is 18.9 Å². The van der Waals surface area contributed by atoms with E-state index in [4.69, 9.17) is 25.1 Å². The molecular formula is C24H45O13P. The molecule has 0 aliphatic rings. The van der Waals surface area contributed by atoms with Crippen molar-refractivity contribution in [3.05, 3.63) is 0 Å². The molecule has 0 rings (SSSR count). The van der Waals surface area contributed by atoms with Crippen LogP contribution in [0.15, 0.2) is 0 Å². The number of rotatable bonds is 22. The summed E-state index contributed by atoms with van der Waals surface area (Å²) in [4.78, 5) is 64.0. The number of aliphatic hydroxyl groups excluding tert-OH is 2. The number of carboxylic acids is 2. The van der Waals surface area contributed by atoms with E-state index in [9.17, 15) is 28.8 Å². The number of phosphoric ester groups is 1. The third-order valence-electron chi connectivity index (χ3n) is 5.36. The van der Waals surface area contributed by atoms with E-state index >= 15 is 0 Å². The van der Waals surface area contributed by atoms with E-state index in [0.29, 0.717) is 6.42 Å². The summed E-state index contributed by atoms with van der Waals surface area (Å²) in [6, 6.07) is 0. The molecule has 1 unspecified atom stereocenters. The quantitative estimate of drug-likeness (QED) is 0.0474. The third kappa shape index (κ3) is 23.2. The van der Waals surface area contributed by atoms with Gasteiger partial charge in [0.25, 0.3) is 0 Å². The smallest absolute Gasteiger partial charge is 0.470 e. The molecule has 0 heterocycles. The topological polar surface area (TPSA) is 225 Å². The number of aliphatic hydroxyl groups is 2. The fourth-order valence-electron chi connectivity index (χ4n) is 3.52. The highest BCUT2D eigenvalue weighted by atomic mass is 31.2. The van der Waals surface area contributed by atoms with Gasteiger partial charge in [0, 0.05) is 6.42 Å². The lowest BCUT2D eigenvalue weighted by Crippen LogP contribution is -2.45. The van der Waals surface area contributed by atoms with Crippen LogP contribution in [0.1, 0.15) is 110 Å². The molecule has 0 aliphatic heterocycles. The Bertz CT molecular complexity index is 720. The van der Waals surface area contributed by atoms with Crippen LogP contribution in [0.25, 0.3) is 0 Å². The van der Waals surface area contributed by atoms with Crippen LogP contribution in [0.5, 0.6) is 0 Å². The van der Waals surface area contributed by atoms with Crippen LogP contribution in [0.2, 0.25) is 0 Å². The zero-order chi connectivity index (χ0) is 29.5. The van der Waals surface area contributed by atoms with Crippen LogP contribution >= 0.6 is 7.82 Å². The number of aliphatic carboxylic acids is 2. The Morgan fingerprint density at radius 1 is 0.684 bits per heavy atom. The van der Waals surface area contributed by atoms with E-state index in [1.807, 2.05) is 0 Å². The van der Waals surface area contributed by atoms with Crippen molar-refractivity contribution in [2.24, 2.45) is 0 Å². The molecule has 0 aromatic carbocycles. The summed E-state index contributed by atoms with van der Waals surface area (Å²) in [5.74, 6) is -6.24. The molecule has 14 heteroatoms. The molecule has 38 heavy (non-hydrogen) atoms. The maximum absolute atomic E-state index is 11.9. The maximum atomic E-state index is 11.9. The second-order valence-corrected chi connectivity index (χ2v) is 10.1. The average Bonchev–Trinajstić information content (AvgIpc) is 2.80. The highest BCUT2D eigenvalue weighted by Gasteiger charge is 2.49. The molecule has 1 atom stereocenters. The molecule has 0 aromatic heterocycles. The van der Waals surface area contributed by atoms with Crippen molar-refractivity contribution in [3.8, 4) is 0 Å². The molecule has 0 saturated carbocycles. The predicted octanol–water partition coefficient (Wildman–Crippen LogP) is 3.31. The van der Waals surface area contributed by atoms with Crippen molar-refractivity contribution in [2.45, 2.75) is 115 Å². The van der Waals surface area contributed by atoms with Crippen LogP contribution in [-0.2, 0) is 33.0 Å². The van der Waals surface area contributed by atoms with E-state index < -0.39 is 50.1 Å². The Balaban J connectivity index is 0. The van der Waals surface area contributed by atoms with E-state index in [-0.39, 0.29) is 19.6 Å². The first-order chi connectivity index (χ1) is 17.8. The van der Waals surface area contributed by atoms with Gasteiger partial charge in [-0.2, -0.15) is 0 Å². The van der Waals surface area contributed by atoms with Gasteiger partial charge >= 0.3 is 31.7 Å². The Kier molecular flexibility index (Phi) is 23.2. The molecule has 0 spiro atoms.